The number of hydrogen-bond acceptors (Lipinski definition) is 4. The Balaban J connectivity index is 1.76. The maximum atomic E-state index is 13.4. The fourth-order valence-corrected chi connectivity index (χ4v) is 4.64. The van der Waals surface area contributed by atoms with Gasteiger partial charge in [0, 0.05) is 29.8 Å². The monoisotopic (exact) mass is 485 g/mol. The quantitative estimate of drug-likeness (QED) is 0.288. The van der Waals surface area contributed by atoms with Crippen LogP contribution in [0.15, 0.2) is 78.4 Å². The molecular formula is C31H27N5O. The van der Waals surface area contributed by atoms with Gasteiger partial charge in [0.2, 0.25) is 0 Å². The van der Waals surface area contributed by atoms with Crippen LogP contribution >= 0.6 is 0 Å². The van der Waals surface area contributed by atoms with Crippen LogP contribution in [0.25, 0.3) is 50.9 Å². The van der Waals surface area contributed by atoms with Gasteiger partial charge in [-0.25, -0.2) is 4.79 Å². The number of pyridine rings is 2. The number of benzene rings is 2. The second kappa shape index (κ2) is 9.03. The zero-order valence-electron chi connectivity index (χ0n) is 21.4. The van der Waals surface area contributed by atoms with Gasteiger partial charge in [-0.2, -0.15) is 5.26 Å². The van der Waals surface area contributed by atoms with E-state index in [1.54, 1.807) is 28.5 Å². The minimum atomic E-state index is -0.616. The number of aryl methyl sites for hydroxylation is 1. The number of aromatic nitrogens is 4. The van der Waals surface area contributed by atoms with Crippen LogP contribution < -0.4 is 5.69 Å². The van der Waals surface area contributed by atoms with Crippen molar-refractivity contribution in [1.29, 1.82) is 5.26 Å². The molecule has 0 atom stereocenters. The van der Waals surface area contributed by atoms with E-state index in [9.17, 15) is 10.1 Å². The predicted octanol–water partition coefficient (Wildman–Crippen LogP) is 6.42. The number of imidazole rings is 1. The first-order valence-electron chi connectivity index (χ1n) is 12.1. The molecule has 0 amide bonds. The molecule has 6 heteroatoms. The molecule has 0 aliphatic heterocycles. The third-order valence-electron chi connectivity index (χ3n) is 6.83. The lowest BCUT2D eigenvalue weighted by molar-refractivity contribution is 0.686. The average Bonchev–Trinajstić information content (AvgIpc) is 3.18. The van der Waals surface area contributed by atoms with Crippen molar-refractivity contribution < 1.29 is 0 Å². The van der Waals surface area contributed by atoms with Crippen molar-refractivity contribution in [3.05, 3.63) is 101 Å². The topological polar surface area (TPSA) is 76.5 Å². The van der Waals surface area contributed by atoms with Gasteiger partial charge >= 0.3 is 5.69 Å². The first kappa shape index (κ1) is 24.0. The summed E-state index contributed by atoms with van der Waals surface area (Å²) >= 11 is 0. The fourth-order valence-electron chi connectivity index (χ4n) is 4.64. The third-order valence-corrected chi connectivity index (χ3v) is 6.83. The van der Waals surface area contributed by atoms with Crippen molar-refractivity contribution in [2.24, 2.45) is 7.05 Å². The van der Waals surface area contributed by atoms with Gasteiger partial charge in [-0.1, -0.05) is 36.9 Å². The summed E-state index contributed by atoms with van der Waals surface area (Å²) in [5, 5.41) is 10.4. The molecule has 0 unspecified atom stereocenters. The molecule has 182 valence electrons. The molecule has 0 saturated heterocycles. The molecule has 0 bridgehead atoms. The van der Waals surface area contributed by atoms with Gasteiger partial charge in [-0.05, 0) is 68.3 Å². The van der Waals surface area contributed by atoms with Crippen LogP contribution in [0.4, 0.5) is 0 Å². The number of hydrogen-bond donors (Lipinski definition) is 0. The Labute approximate surface area is 215 Å². The van der Waals surface area contributed by atoms with E-state index in [1.165, 1.54) is 0 Å². The highest BCUT2D eigenvalue weighted by atomic mass is 16.1. The molecule has 0 N–H and O–H groups in total. The molecule has 3 heterocycles. The number of nitrogens with zero attached hydrogens (tertiary/aromatic N) is 5. The molecule has 0 aliphatic rings. The van der Waals surface area contributed by atoms with Crippen LogP contribution in [0.2, 0.25) is 0 Å². The van der Waals surface area contributed by atoms with E-state index >= 15 is 0 Å². The summed E-state index contributed by atoms with van der Waals surface area (Å²) in [6, 6.07) is 18.1. The number of allylic oxidation sites excluding steroid dienone is 1. The van der Waals surface area contributed by atoms with Crippen LogP contribution in [-0.2, 0) is 12.5 Å². The lowest BCUT2D eigenvalue weighted by atomic mass is 9.86. The molecule has 2 aromatic carbocycles. The molecule has 37 heavy (non-hydrogen) atoms. The normalized spacial score (nSPS) is 11.9. The summed E-state index contributed by atoms with van der Waals surface area (Å²) in [4.78, 5) is 22.7. The second-order valence-electron chi connectivity index (χ2n) is 9.59. The van der Waals surface area contributed by atoms with Gasteiger partial charge in [0.25, 0.3) is 0 Å². The molecule has 3 aromatic heterocycles. The van der Waals surface area contributed by atoms with E-state index in [1.807, 2.05) is 75.5 Å². The Bertz CT molecular complexity index is 1810. The summed E-state index contributed by atoms with van der Waals surface area (Å²) in [6.45, 7) is 9.60. The number of fused-ring (bicyclic) bond motifs is 3. The molecule has 6 nitrogen and oxygen atoms in total. The standard InChI is InChI=1S/C31H27N5O/c1-6-8-21-15-22(17-33-26(21)7-2)20-9-14-27-25(16-20)29-28(18-34-27)35(5)30(37)36(29)24-12-10-23(11-13-24)31(3,4)19-32/h6-18H,2H2,1,3-5H3. The first-order chi connectivity index (χ1) is 17.8. The summed E-state index contributed by atoms with van der Waals surface area (Å²) in [6.07, 6.45) is 9.33. The summed E-state index contributed by atoms with van der Waals surface area (Å²) in [7, 11) is 1.76. The molecule has 0 spiro atoms. The van der Waals surface area contributed by atoms with E-state index in [2.05, 4.69) is 34.7 Å². The zero-order valence-corrected chi connectivity index (χ0v) is 21.4. The molecule has 0 saturated carbocycles. The molecule has 0 aliphatic carbocycles. The van der Waals surface area contributed by atoms with Crippen LogP contribution in [0, 0.1) is 11.3 Å². The summed E-state index contributed by atoms with van der Waals surface area (Å²) in [5.41, 5.74) is 6.93. The maximum absolute atomic E-state index is 13.4. The van der Waals surface area contributed by atoms with E-state index in [4.69, 9.17) is 0 Å². The zero-order chi connectivity index (χ0) is 26.3. The highest BCUT2D eigenvalue weighted by Crippen LogP contribution is 2.31. The van der Waals surface area contributed by atoms with Crippen molar-refractivity contribution in [1.82, 2.24) is 19.1 Å². The Hall–Kier alpha value is -4.76. The number of nitriles is 1. The Morgan fingerprint density at radius 1 is 1.03 bits per heavy atom. The predicted molar refractivity (Wildman–Crippen MR) is 150 cm³/mol. The molecule has 5 aromatic rings. The van der Waals surface area contributed by atoms with Gasteiger partial charge in [0.1, 0.15) is 0 Å². The van der Waals surface area contributed by atoms with Gasteiger partial charge in [0.05, 0.1) is 45.6 Å². The summed E-state index contributed by atoms with van der Waals surface area (Å²) in [5.74, 6) is 0. The van der Waals surface area contributed by atoms with Crippen LogP contribution in [0.5, 0.6) is 0 Å². The minimum absolute atomic E-state index is 0.158. The van der Waals surface area contributed by atoms with Crippen molar-refractivity contribution >= 4 is 34.1 Å². The van der Waals surface area contributed by atoms with E-state index in [0.717, 1.165) is 55.6 Å². The van der Waals surface area contributed by atoms with Crippen molar-refractivity contribution in [2.45, 2.75) is 26.2 Å². The van der Waals surface area contributed by atoms with Crippen molar-refractivity contribution in [2.75, 3.05) is 0 Å². The van der Waals surface area contributed by atoms with Crippen LogP contribution in [0.3, 0.4) is 0 Å². The lowest BCUT2D eigenvalue weighted by Gasteiger charge is -2.16. The van der Waals surface area contributed by atoms with E-state index in [0.29, 0.717) is 0 Å². The number of rotatable bonds is 5. The van der Waals surface area contributed by atoms with Gasteiger partial charge in [-0.15, -0.1) is 0 Å². The highest BCUT2D eigenvalue weighted by molar-refractivity contribution is 6.04. The Kier molecular flexibility index (Phi) is 5.85. The smallest absolute Gasteiger partial charge is 0.293 e. The largest absolute Gasteiger partial charge is 0.333 e. The maximum Gasteiger partial charge on any atom is 0.333 e. The third kappa shape index (κ3) is 3.95. The molecule has 0 fully saturated rings. The van der Waals surface area contributed by atoms with Crippen LogP contribution in [0.1, 0.15) is 37.6 Å². The Morgan fingerprint density at radius 3 is 2.46 bits per heavy atom. The lowest BCUT2D eigenvalue weighted by Crippen LogP contribution is -2.21. The summed E-state index contributed by atoms with van der Waals surface area (Å²) < 4.78 is 3.34. The van der Waals surface area contributed by atoms with Crippen molar-refractivity contribution in [3.8, 4) is 22.9 Å². The van der Waals surface area contributed by atoms with Crippen molar-refractivity contribution in [3.63, 3.8) is 0 Å². The SMILES string of the molecule is C=Cc1ncc(-c2ccc3ncc4c(c3c2)n(-c2ccc(C(C)(C)C#N)cc2)c(=O)n4C)cc1C=CC. The minimum Gasteiger partial charge on any atom is -0.293 e. The van der Waals surface area contributed by atoms with Gasteiger partial charge in [0.15, 0.2) is 0 Å². The second-order valence-corrected chi connectivity index (χ2v) is 9.59. The average molecular weight is 486 g/mol. The molecule has 0 radical (unpaired) electrons. The highest BCUT2D eigenvalue weighted by Gasteiger charge is 2.21. The molecule has 5 rings (SSSR count). The Morgan fingerprint density at radius 2 is 1.78 bits per heavy atom. The molecular weight excluding hydrogens is 458 g/mol. The van der Waals surface area contributed by atoms with E-state index < -0.39 is 5.41 Å². The van der Waals surface area contributed by atoms with E-state index in [-0.39, 0.29) is 5.69 Å². The fraction of sp³-hybridized carbons (Fsp3) is 0.161. The van der Waals surface area contributed by atoms with Crippen LogP contribution in [-0.4, -0.2) is 19.1 Å². The van der Waals surface area contributed by atoms with Gasteiger partial charge < -0.3 is 0 Å². The first-order valence-corrected chi connectivity index (χ1v) is 12.1. The van der Waals surface area contributed by atoms with Gasteiger partial charge in [-0.3, -0.25) is 19.1 Å².